The van der Waals surface area contributed by atoms with Crippen molar-refractivity contribution in [1.82, 2.24) is 10.3 Å². The lowest BCUT2D eigenvalue weighted by molar-refractivity contribution is 0.111. The van der Waals surface area contributed by atoms with Gasteiger partial charge in [-0.2, -0.15) is 4.39 Å². The van der Waals surface area contributed by atoms with Gasteiger partial charge in [-0.15, -0.1) is 0 Å². The number of aldehydes is 1. The van der Waals surface area contributed by atoms with E-state index in [0.29, 0.717) is 24.8 Å². The SMILES string of the molecule is O=Cc1cc(C=CCCNC(=O)OCC2c3ccccc3-c3ccccc32)cnc1F. The van der Waals surface area contributed by atoms with E-state index < -0.39 is 12.0 Å². The van der Waals surface area contributed by atoms with Crippen molar-refractivity contribution in [3.63, 3.8) is 0 Å². The van der Waals surface area contributed by atoms with Crippen LogP contribution in [0.4, 0.5) is 9.18 Å². The molecule has 0 saturated heterocycles. The first-order valence-corrected chi connectivity index (χ1v) is 10.0. The molecule has 1 heterocycles. The largest absolute Gasteiger partial charge is 0.449 e. The van der Waals surface area contributed by atoms with Crippen LogP contribution in [0.15, 0.2) is 66.9 Å². The van der Waals surface area contributed by atoms with Gasteiger partial charge in [-0.05, 0) is 40.3 Å². The van der Waals surface area contributed by atoms with Crippen LogP contribution >= 0.6 is 0 Å². The number of fused-ring (bicyclic) bond motifs is 3. The van der Waals surface area contributed by atoms with Gasteiger partial charge < -0.3 is 10.1 Å². The number of hydrogen-bond acceptors (Lipinski definition) is 4. The van der Waals surface area contributed by atoms with Gasteiger partial charge in [-0.1, -0.05) is 60.7 Å². The first-order chi connectivity index (χ1) is 15.2. The quantitative estimate of drug-likeness (QED) is 0.335. The number of carbonyl (C=O) groups is 2. The van der Waals surface area contributed by atoms with Crippen LogP contribution in [0.1, 0.15) is 39.4 Å². The highest BCUT2D eigenvalue weighted by Crippen LogP contribution is 2.44. The van der Waals surface area contributed by atoms with Crippen LogP contribution in [0.2, 0.25) is 0 Å². The van der Waals surface area contributed by atoms with E-state index in [1.165, 1.54) is 34.5 Å². The van der Waals surface area contributed by atoms with Crippen molar-refractivity contribution in [1.29, 1.82) is 0 Å². The van der Waals surface area contributed by atoms with E-state index in [9.17, 15) is 14.0 Å². The first-order valence-electron chi connectivity index (χ1n) is 10.0. The molecule has 0 radical (unpaired) electrons. The Morgan fingerprint density at radius 3 is 2.45 bits per heavy atom. The third-order valence-corrected chi connectivity index (χ3v) is 5.25. The van der Waals surface area contributed by atoms with Crippen LogP contribution in [0.25, 0.3) is 17.2 Å². The fraction of sp³-hybridized carbons (Fsp3) is 0.160. The number of benzene rings is 2. The summed E-state index contributed by atoms with van der Waals surface area (Å²) in [5.41, 5.74) is 5.24. The number of alkyl carbamates (subject to hydrolysis) is 1. The fourth-order valence-corrected chi connectivity index (χ4v) is 3.78. The molecule has 1 aliphatic carbocycles. The summed E-state index contributed by atoms with van der Waals surface area (Å²) in [4.78, 5) is 26.4. The van der Waals surface area contributed by atoms with Gasteiger partial charge in [0.05, 0.1) is 5.56 Å². The van der Waals surface area contributed by atoms with E-state index in [4.69, 9.17) is 4.74 Å². The number of ether oxygens (including phenoxy) is 1. The Kier molecular flexibility index (Phi) is 6.17. The molecule has 0 bridgehead atoms. The van der Waals surface area contributed by atoms with Crippen LogP contribution in [0.3, 0.4) is 0 Å². The van der Waals surface area contributed by atoms with Gasteiger partial charge in [0.2, 0.25) is 5.95 Å². The fourth-order valence-electron chi connectivity index (χ4n) is 3.78. The third-order valence-electron chi connectivity index (χ3n) is 5.25. The smallest absolute Gasteiger partial charge is 0.407 e. The van der Waals surface area contributed by atoms with Gasteiger partial charge in [0.1, 0.15) is 6.61 Å². The number of amides is 1. The number of halogens is 1. The number of nitrogens with zero attached hydrogens (tertiary/aromatic N) is 1. The molecule has 1 N–H and O–H groups in total. The molecule has 0 aliphatic heterocycles. The minimum absolute atomic E-state index is 0.0241. The van der Waals surface area contributed by atoms with Gasteiger partial charge >= 0.3 is 6.09 Å². The zero-order chi connectivity index (χ0) is 21.6. The Balaban J connectivity index is 1.27. The summed E-state index contributed by atoms with van der Waals surface area (Å²) in [6.07, 6.45) is 5.39. The molecule has 1 aliphatic rings. The van der Waals surface area contributed by atoms with Crippen LogP contribution < -0.4 is 5.32 Å². The predicted molar refractivity (Wildman–Crippen MR) is 116 cm³/mol. The van der Waals surface area contributed by atoms with E-state index in [1.807, 2.05) is 30.3 Å². The molecule has 4 rings (SSSR count). The monoisotopic (exact) mass is 416 g/mol. The van der Waals surface area contributed by atoms with Gasteiger partial charge in [-0.25, -0.2) is 9.78 Å². The lowest BCUT2D eigenvalue weighted by atomic mass is 9.98. The summed E-state index contributed by atoms with van der Waals surface area (Å²) in [7, 11) is 0. The Bertz CT molecular complexity index is 1100. The second kappa shape index (κ2) is 9.34. The van der Waals surface area contributed by atoms with Gasteiger partial charge in [0.15, 0.2) is 6.29 Å². The van der Waals surface area contributed by atoms with Gasteiger partial charge in [0.25, 0.3) is 0 Å². The van der Waals surface area contributed by atoms with E-state index in [2.05, 4.69) is 34.6 Å². The average molecular weight is 416 g/mol. The standard InChI is InChI=1S/C25H21FN2O3/c26-24-18(15-29)13-17(14-28-24)7-5-6-12-27-25(30)31-16-23-21-10-3-1-8-19(21)20-9-2-4-11-22(20)23/h1-5,7-11,13-15,23H,6,12,16H2,(H,27,30). The average Bonchev–Trinajstić information content (AvgIpc) is 3.12. The van der Waals surface area contributed by atoms with Crippen molar-refractivity contribution >= 4 is 18.5 Å². The topological polar surface area (TPSA) is 68.3 Å². The van der Waals surface area contributed by atoms with E-state index in [0.717, 1.165) is 0 Å². The van der Waals surface area contributed by atoms with Crippen LogP contribution in [0, 0.1) is 5.95 Å². The molecule has 0 atom stereocenters. The molecule has 3 aromatic rings. The molecule has 0 saturated carbocycles. The molecule has 0 unspecified atom stereocenters. The lowest BCUT2D eigenvalue weighted by Crippen LogP contribution is -2.26. The molecule has 1 aromatic heterocycles. The highest BCUT2D eigenvalue weighted by atomic mass is 19.1. The van der Waals surface area contributed by atoms with Crippen molar-refractivity contribution < 1.29 is 18.7 Å². The van der Waals surface area contributed by atoms with E-state index in [1.54, 1.807) is 6.08 Å². The van der Waals surface area contributed by atoms with E-state index >= 15 is 0 Å². The summed E-state index contributed by atoms with van der Waals surface area (Å²) in [5, 5.41) is 2.73. The van der Waals surface area contributed by atoms with Crippen LogP contribution in [-0.2, 0) is 4.74 Å². The molecular weight excluding hydrogens is 395 g/mol. The molecule has 156 valence electrons. The van der Waals surface area contributed by atoms with E-state index in [-0.39, 0.29) is 18.1 Å². The zero-order valence-corrected chi connectivity index (χ0v) is 16.8. The minimum Gasteiger partial charge on any atom is -0.449 e. The number of nitrogens with one attached hydrogen (secondary N) is 1. The highest BCUT2D eigenvalue weighted by molar-refractivity contribution is 5.79. The molecule has 31 heavy (non-hydrogen) atoms. The molecule has 0 fully saturated rings. The Labute approximate surface area is 179 Å². The first kappa shape index (κ1) is 20.5. The maximum absolute atomic E-state index is 13.2. The van der Waals surface area contributed by atoms with Crippen molar-refractivity contribution in [2.75, 3.05) is 13.2 Å². The van der Waals surface area contributed by atoms with Crippen molar-refractivity contribution in [2.45, 2.75) is 12.3 Å². The number of hydrogen-bond donors (Lipinski definition) is 1. The summed E-state index contributed by atoms with van der Waals surface area (Å²) < 4.78 is 18.7. The summed E-state index contributed by atoms with van der Waals surface area (Å²) in [6, 6.07) is 17.8. The normalized spacial score (nSPS) is 12.4. The number of aromatic nitrogens is 1. The molecule has 1 amide bonds. The second-order valence-electron chi connectivity index (χ2n) is 7.21. The predicted octanol–water partition coefficient (Wildman–Crippen LogP) is 4.98. The van der Waals surface area contributed by atoms with Crippen molar-refractivity contribution in [2.24, 2.45) is 0 Å². The highest BCUT2D eigenvalue weighted by Gasteiger charge is 2.28. The molecule has 6 heteroatoms. The third kappa shape index (κ3) is 4.53. The Morgan fingerprint density at radius 1 is 1.10 bits per heavy atom. The number of carbonyl (C=O) groups excluding carboxylic acids is 2. The van der Waals surface area contributed by atoms with Crippen LogP contribution in [-0.4, -0.2) is 30.5 Å². The minimum atomic E-state index is -0.788. The molecule has 0 spiro atoms. The zero-order valence-electron chi connectivity index (χ0n) is 16.8. The maximum Gasteiger partial charge on any atom is 0.407 e. The van der Waals surface area contributed by atoms with Crippen molar-refractivity contribution in [3.05, 3.63) is 95.1 Å². The van der Waals surface area contributed by atoms with Gasteiger partial charge in [-0.3, -0.25) is 4.79 Å². The summed E-state index contributed by atoms with van der Waals surface area (Å²) in [5.74, 6) is -0.764. The Morgan fingerprint density at radius 2 is 1.77 bits per heavy atom. The number of rotatable bonds is 7. The van der Waals surface area contributed by atoms with Gasteiger partial charge in [0, 0.05) is 18.7 Å². The van der Waals surface area contributed by atoms with Crippen molar-refractivity contribution in [3.8, 4) is 11.1 Å². The molecular formula is C25H21FN2O3. The second-order valence-corrected chi connectivity index (χ2v) is 7.21. The molecule has 5 nitrogen and oxygen atoms in total. The Hall–Kier alpha value is -3.80. The molecule has 2 aromatic carbocycles. The summed E-state index contributed by atoms with van der Waals surface area (Å²) in [6.45, 7) is 0.660. The lowest BCUT2D eigenvalue weighted by Gasteiger charge is -2.14. The summed E-state index contributed by atoms with van der Waals surface area (Å²) >= 11 is 0. The number of pyridine rings is 1. The maximum atomic E-state index is 13.2. The van der Waals surface area contributed by atoms with Crippen LogP contribution in [0.5, 0.6) is 0 Å².